The fourth-order valence-electron chi connectivity index (χ4n) is 2.83. The molecule has 3 rings (SSSR count). The van der Waals surface area contributed by atoms with E-state index in [0.29, 0.717) is 31.1 Å². The van der Waals surface area contributed by atoms with Crippen LogP contribution in [0, 0.1) is 0 Å². The zero-order valence-corrected chi connectivity index (χ0v) is 19.9. The Hall–Kier alpha value is -2.49. The molecule has 0 spiro atoms. The first-order valence-corrected chi connectivity index (χ1v) is 9.68. The Balaban J connectivity index is 0.00000320. The lowest BCUT2D eigenvalue weighted by Gasteiger charge is -2.20. The summed E-state index contributed by atoms with van der Waals surface area (Å²) in [7, 11) is 0. The van der Waals surface area contributed by atoms with Crippen molar-refractivity contribution in [3.63, 3.8) is 0 Å². The van der Waals surface area contributed by atoms with E-state index in [1.807, 2.05) is 57.2 Å². The van der Waals surface area contributed by atoms with E-state index in [9.17, 15) is 4.79 Å². The molecule has 1 aliphatic rings. The first-order valence-electron chi connectivity index (χ1n) is 9.68. The van der Waals surface area contributed by atoms with Gasteiger partial charge in [-0.3, -0.25) is 4.79 Å². The number of fused-ring (bicyclic) bond motifs is 1. The number of nitrogens with two attached hydrogens (primary N) is 1. The fraction of sp³-hybridized carbons (Fsp3) is 0.364. The van der Waals surface area contributed by atoms with Gasteiger partial charge in [-0.15, -0.1) is 24.0 Å². The smallest absolute Gasteiger partial charge is 0.251 e. The Kier molecular flexibility index (Phi) is 8.33. The Morgan fingerprint density at radius 1 is 1.10 bits per heavy atom. The van der Waals surface area contributed by atoms with Crippen LogP contribution in [0.2, 0.25) is 0 Å². The Morgan fingerprint density at radius 2 is 1.83 bits per heavy atom. The number of guanidine groups is 1. The lowest BCUT2D eigenvalue weighted by atomic mass is 10.1. The second kappa shape index (κ2) is 10.5. The van der Waals surface area contributed by atoms with Crippen molar-refractivity contribution in [3.8, 4) is 11.5 Å². The summed E-state index contributed by atoms with van der Waals surface area (Å²) >= 11 is 0. The van der Waals surface area contributed by atoms with Gasteiger partial charge >= 0.3 is 0 Å². The highest BCUT2D eigenvalue weighted by molar-refractivity contribution is 14.0. The van der Waals surface area contributed by atoms with Crippen molar-refractivity contribution in [3.05, 3.63) is 53.6 Å². The maximum Gasteiger partial charge on any atom is 0.251 e. The number of ether oxygens (including phenoxy) is 2. The molecule has 1 heterocycles. The molecule has 0 saturated heterocycles. The van der Waals surface area contributed by atoms with Crippen molar-refractivity contribution >= 4 is 41.5 Å². The van der Waals surface area contributed by atoms with Gasteiger partial charge < -0.3 is 25.8 Å². The van der Waals surface area contributed by atoms with E-state index in [-0.39, 0.29) is 41.4 Å². The number of hydrogen-bond donors (Lipinski definition) is 3. The summed E-state index contributed by atoms with van der Waals surface area (Å²) in [6.45, 7) is 7.48. The molecule has 162 valence electrons. The highest BCUT2D eigenvalue weighted by atomic mass is 127. The van der Waals surface area contributed by atoms with E-state index >= 15 is 0 Å². The maximum atomic E-state index is 12.3. The summed E-state index contributed by atoms with van der Waals surface area (Å²) < 4.78 is 11.3. The van der Waals surface area contributed by atoms with Crippen LogP contribution in [-0.2, 0) is 6.54 Å². The first kappa shape index (κ1) is 23.8. The molecule has 2 aromatic rings. The van der Waals surface area contributed by atoms with Gasteiger partial charge in [-0.25, -0.2) is 4.99 Å². The van der Waals surface area contributed by atoms with E-state index in [1.165, 1.54) is 0 Å². The molecule has 0 aromatic heterocycles. The lowest BCUT2D eigenvalue weighted by Crippen LogP contribution is -2.40. The summed E-state index contributed by atoms with van der Waals surface area (Å²) in [5.74, 6) is 1.59. The highest BCUT2D eigenvalue weighted by Crippen LogP contribution is 2.32. The maximum absolute atomic E-state index is 12.3. The third-order valence-corrected chi connectivity index (χ3v) is 4.13. The number of aliphatic imine (C=N–C) groups is 1. The number of nitrogens with zero attached hydrogens (tertiary/aromatic N) is 1. The molecule has 8 heteroatoms. The van der Waals surface area contributed by atoms with Crippen LogP contribution in [0.3, 0.4) is 0 Å². The number of hydrogen-bond acceptors (Lipinski definition) is 4. The van der Waals surface area contributed by atoms with Crippen molar-refractivity contribution in [2.24, 2.45) is 10.7 Å². The molecule has 0 saturated carbocycles. The van der Waals surface area contributed by atoms with Gasteiger partial charge in [-0.05, 0) is 50.6 Å². The van der Waals surface area contributed by atoms with Crippen LogP contribution in [0.15, 0.2) is 47.5 Å². The third kappa shape index (κ3) is 7.08. The molecule has 1 aliphatic heterocycles. The lowest BCUT2D eigenvalue weighted by molar-refractivity contribution is 0.0919. The molecule has 2 aromatic carbocycles. The zero-order valence-electron chi connectivity index (χ0n) is 17.5. The second-order valence-electron chi connectivity index (χ2n) is 7.94. The zero-order chi connectivity index (χ0) is 20.9. The van der Waals surface area contributed by atoms with E-state index < -0.39 is 0 Å². The summed E-state index contributed by atoms with van der Waals surface area (Å²) in [6.07, 6.45) is 0.855. The fourth-order valence-corrected chi connectivity index (χ4v) is 2.83. The molecule has 0 bridgehead atoms. The quantitative estimate of drug-likeness (QED) is 0.320. The van der Waals surface area contributed by atoms with Crippen LogP contribution < -0.4 is 25.8 Å². The van der Waals surface area contributed by atoms with E-state index in [1.54, 1.807) is 6.07 Å². The largest absolute Gasteiger partial charge is 0.490 e. The normalized spacial score (nSPS) is 13.6. The van der Waals surface area contributed by atoms with Crippen LogP contribution >= 0.6 is 24.0 Å². The van der Waals surface area contributed by atoms with Gasteiger partial charge in [0, 0.05) is 29.3 Å². The number of rotatable bonds is 4. The molecule has 30 heavy (non-hydrogen) atoms. The number of nitrogens with one attached hydrogen (secondary N) is 2. The molecule has 0 unspecified atom stereocenters. The number of amides is 1. The van der Waals surface area contributed by atoms with Crippen molar-refractivity contribution < 1.29 is 14.3 Å². The molecule has 0 atom stereocenters. The number of carbonyl (C=O) groups excluding carboxylic acids is 1. The van der Waals surface area contributed by atoms with Gasteiger partial charge in [0.2, 0.25) is 0 Å². The van der Waals surface area contributed by atoms with Crippen LogP contribution in [0.1, 0.15) is 43.1 Å². The van der Waals surface area contributed by atoms with Crippen LogP contribution in [0.4, 0.5) is 5.69 Å². The molecule has 1 amide bonds. The first-order chi connectivity index (χ1) is 13.8. The number of anilines is 1. The molecule has 7 nitrogen and oxygen atoms in total. The van der Waals surface area contributed by atoms with Crippen molar-refractivity contribution in [2.75, 3.05) is 18.5 Å². The molecular formula is C22H29IN4O3. The summed E-state index contributed by atoms with van der Waals surface area (Å²) in [5, 5.41) is 6.02. The van der Waals surface area contributed by atoms with Crippen LogP contribution in [0.5, 0.6) is 11.5 Å². The standard InChI is InChI=1S/C22H28N4O3.HI/c1-22(2,3)26-20(27)16-7-4-6-15(12-16)14-24-21(23)25-17-8-9-18-19(13-17)29-11-5-10-28-18;/h4,6-9,12-13H,5,10-11,14H2,1-3H3,(H,26,27)(H3,23,24,25);1H. The Bertz CT molecular complexity index is 909. The average Bonchev–Trinajstić information content (AvgIpc) is 2.90. The van der Waals surface area contributed by atoms with E-state index in [4.69, 9.17) is 15.2 Å². The highest BCUT2D eigenvalue weighted by Gasteiger charge is 2.15. The second-order valence-corrected chi connectivity index (χ2v) is 7.94. The molecule has 0 radical (unpaired) electrons. The Labute approximate surface area is 194 Å². The van der Waals surface area contributed by atoms with E-state index in [0.717, 1.165) is 23.4 Å². The van der Waals surface area contributed by atoms with Gasteiger partial charge in [0.05, 0.1) is 19.8 Å². The minimum Gasteiger partial charge on any atom is -0.490 e. The topological polar surface area (TPSA) is 98.0 Å². The van der Waals surface area contributed by atoms with Gasteiger partial charge in [-0.1, -0.05) is 12.1 Å². The number of benzene rings is 2. The molecule has 4 N–H and O–H groups in total. The van der Waals surface area contributed by atoms with Gasteiger partial charge in [0.25, 0.3) is 5.91 Å². The van der Waals surface area contributed by atoms with Crippen molar-refractivity contribution in [2.45, 2.75) is 39.3 Å². The van der Waals surface area contributed by atoms with Crippen LogP contribution in [-0.4, -0.2) is 30.6 Å². The van der Waals surface area contributed by atoms with Crippen molar-refractivity contribution in [1.82, 2.24) is 5.32 Å². The monoisotopic (exact) mass is 524 g/mol. The summed E-state index contributed by atoms with van der Waals surface area (Å²) in [6, 6.07) is 12.9. The molecular weight excluding hydrogens is 495 g/mol. The minimum absolute atomic E-state index is 0. The number of halogens is 1. The number of carbonyl (C=O) groups is 1. The minimum atomic E-state index is -0.289. The summed E-state index contributed by atoms with van der Waals surface area (Å²) in [4.78, 5) is 16.7. The average molecular weight is 524 g/mol. The summed E-state index contributed by atoms with van der Waals surface area (Å²) in [5.41, 5.74) is 8.01. The SMILES string of the molecule is CC(C)(C)NC(=O)c1cccc(CN=C(N)Nc2ccc3c(c2)OCCCO3)c1.I. The van der Waals surface area contributed by atoms with E-state index in [2.05, 4.69) is 15.6 Å². The van der Waals surface area contributed by atoms with Crippen molar-refractivity contribution in [1.29, 1.82) is 0 Å². The van der Waals surface area contributed by atoms with Gasteiger partial charge in [0.1, 0.15) is 0 Å². The van der Waals surface area contributed by atoms with Gasteiger partial charge in [0.15, 0.2) is 17.5 Å². The van der Waals surface area contributed by atoms with Crippen LogP contribution in [0.25, 0.3) is 0 Å². The third-order valence-electron chi connectivity index (χ3n) is 4.13. The van der Waals surface area contributed by atoms with Gasteiger partial charge in [-0.2, -0.15) is 0 Å². The molecule has 0 aliphatic carbocycles. The molecule has 0 fully saturated rings. The predicted octanol–water partition coefficient (Wildman–Crippen LogP) is 3.92. The Morgan fingerprint density at radius 3 is 2.57 bits per heavy atom. The predicted molar refractivity (Wildman–Crippen MR) is 130 cm³/mol.